The van der Waals surface area contributed by atoms with Crippen LogP contribution >= 0.6 is 0 Å². The molecule has 1 N–H and O–H groups in total. The molecule has 0 radical (unpaired) electrons. The van der Waals surface area contributed by atoms with Crippen LogP contribution in [0.4, 0.5) is 0 Å². The molecule has 0 aliphatic carbocycles. The number of ether oxygens (including phenoxy) is 1. The van der Waals surface area contributed by atoms with Gasteiger partial charge in [-0.2, -0.15) is 0 Å². The Morgan fingerprint density at radius 2 is 2.00 bits per heavy atom. The van der Waals surface area contributed by atoms with Crippen molar-refractivity contribution in [1.29, 1.82) is 0 Å². The highest BCUT2D eigenvalue weighted by Gasteiger charge is 2.15. The molecule has 0 saturated carbocycles. The minimum absolute atomic E-state index is 0.201. The van der Waals surface area contributed by atoms with Gasteiger partial charge in [0.15, 0.2) is 0 Å². The number of aromatic nitrogens is 1. The molecule has 0 saturated heterocycles. The maximum Gasteiger partial charge on any atom is 0.218 e. The summed E-state index contributed by atoms with van der Waals surface area (Å²) in [4.78, 5) is 4.39. The van der Waals surface area contributed by atoms with Crippen molar-refractivity contribution in [2.24, 2.45) is 5.92 Å². The van der Waals surface area contributed by atoms with Gasteiger partial charge >= 0.3 is 0 Å². The van der Waals surface area contributed by atoms with E-state index in [1.807, 2.05) is 6.07 Å². The fourth-order valence-electron chi connectivity index (χ4n) is 2.20. The standard InChI is InChI=1S/C16H28N2O/c1-6-9-17-14(5)15-8-7-10-18-16(15)19-13(4)11-12(2)3/h7-8,10,12-14,17H,6,9,11H2,1-5H3. The molecule has 19 heavy (non-hydrogen) atoms. The third-order valence-corrected chi connectivity index (χ3v) is 3.08. The number of pyridine rings is 1. The molecule has 1 aromatic heterocycles. The molecule has 0 amide bonds. The van der Waals surface area contributed by atoms with E-state index in [1.54, 1.807) is 6.20 Å². The van der Waals surface area contributed by atoms with Crippen LogP contribution in [0.3, 0.4) is 0 Å². The molecule has 1 rings (SSSR count). The van der Waals surface area contributed by atoms with E-state index in [4.69, 9.17) is 4.74 Å². The minimum Gasteiger partial charge on any atom is -0.474 e. The molecule has 2 atom stereocenters. The highest BCUT2D eigenvalue weighted by Crippen LogP contribution is 2.24. The predicted molar refractivity (Wildman–Crippen MR) is 80.5 cm³/mol. The molecule has 2 unspecified atom stereocenters. The van der Waals surface area contributed by atoms with Crippen LogP contribution in [0.25, 0.3) is 0 Å². The minimum atomic E-state index is 0.201. The number of nitrogens with one attached hydrogen (secondary N) is 1. The van der Waals surface area contributed by atoms with Crippen molar-refractivity contribution in [3.05, 3.63) is 23.9 Å². The normalized spacial score (nSPS) is 14.4. The van der Waals surface area contributed by atoms with Crippen LogP contribution in [0.5, 0.6) is 5.88 Å². The van der Waals surface area contributed by atoms with Gasteiger partial charge in [-0.3, -0.25) is 0 Å². The molecule has 3 nitrogen and oxygen atoms in total. The second-order valence-corrected chi connectivity index (χ2v) is 5.63. The van der Waals surface area contributed by atoms with Crippen molar-refractivity contribution in [1.82, 2.24) is 10.3 Å². The van der Waals surface area contributed by atoms with Gasteiger partial charge in [0.1, 0.15) is 0 Å². The van der Waals surface area contributed by atoms with Crippen LogP contribution in [-0.2, 0) is 0 Å². The summed E-state index contributed by atoms with van der Waals surface area (Å²) in [6.45, 7) is 11.9. The van der Waals surface area contributed by atoms with Crippen molar-refractivity contribution in [2.45, 2.75) is 59.6 Å². The Labute approximate surface area is 117 Å². The number of hydrogen-bond acceptors (Lipinski definition) is 3. The third kappa shape index (κ3) is 5.60. The molecular formula is C16H28N2O. The number of nitrogens with zero attached hydrogens (tertiary/aromatic N) is 1. The lowest BCUT2D eigenvalue weighted by molar-refractivity contribution is 0.182. The monoisotopic (exact) mass is 264 g/mol. The first-order valence-electron chi connectivity index (χ1n) is 7.39. The van der Waals surface area contributed by atoms with E-state index in [9.17, 15) is 0 Å². The lowest BCUT2D eigenvalue weighted by atomic mass is 10.1. The highest BCUT2D eigenvalue weighted by atomic mass is 16.5. The quantitative estimate of drug-likeness (QED) is 0.772. The molecule has 0 spiro atoms. The first-order chi connectivity index (χ1) is 9.04. The lowest BCUT2D eigenvalue weighted by Crippen LogP contribution is -2.22. The summed E-state index contributed by atoms with van der Waals surface area (Å²) in [6.07, 6.45) is 4.18. The zero-order valence-corrected chi connectivity index (χ0v) is 12.9. The fraction of sp³-hybridized carbons (Fsp3) is 0.688. The maximum absolute atomic E-state index is 6.01. The van der Waals surface area contributed by atoms with Gasteiger partial charge in [0.2, 0.25) is 5.88 Å². The summed E-state index contributed by atoms with van der Waals surface area (Å²) >= 11 is 0. The van der Waals surface area contributed by atoms with E-state index < -0.39 is 0 Å². The molecule has 0 aromatic carbocycles. The second-order valence-electron chi connectivity index (χ2n) is 5.63. The SMILES string of the molecule is CCCNC(C)c1cccnc1OC(C)CC(C)C. The molecule has 3 heteroatoms. The van der Waals surface area contributed by atoms with Gasteiger partial charge in [-0.25, -0.2) is 4.98 Å². The van der Waals surface area contributed by atoms with E-state index in [1.165, 1.54) is 0 Å². The van der Waals surface area contributed by atoms with E-state index in [-0.39, 0.29) is 12.1 Å². The van der Waals surface area contributed by atoms with Crippen LogP contribution in [0.1, 0.15) is 59.1 Å². The highest BCUT2D eigenvalue weighted by molar-refractivity contribution is 5.28. The fourth-order valence-corrected chi connectivity index (χ4v) is 2.20. The van der Waals surface area contributed by atoms with Gasteiger partial charge in [-0.05, 0) is 45.2 Å². The predicted octanol–water partition coefficient (Wildman–Crippen LogP) is 3.96. The van der Waals surface area contributed by atoms with Crippen molar-refractivity contribution in [2.75, 3.05) is 6.54 Å². The Bertz CT molecular complexity index is 366. The first kappa shape index (κ1) is 16.0. The van der Waals surface area contributed by atoms with Crippen molar-refractivity contribution >= 4 is 0 Å². The molecule has 0 aliphatic heterocycles. The van der Waals surface area contributed by atoms with E-state index in [0.717, 1.165) is 30.8 Å². The summed E-state index contributed by atoms with van der Waals surface area (Å²) in [5, 5.41) is 3.48. The first-order valence-corrected chi connectivity index (χ1v) is 7.39. The molecular weight excluding hydrogens is 236 g/mol. The van der Waals surface area contributed by atoms with Gasteiger partial charge in [0.05, 0.1) is 6.10 Å². The summed E-state index contributed by atoms with van der Waals surface area (Å²) in [7, 11) is 0. The summed E-state index contributed by atoms with van der Waals surface area (Å²) < 4.78 is 6.01. The molecule has 108 valence electrons. The van der Waals surface area contributed by atoms with Gasteiger partial charge in [-0.15, -0.1) is 0 Å². The molecule has 1 aromatic rings. The Morgan fingerprint density at radius 1 is 1.26 bits per heavy atom. The van der Waals surface area contributed by atoms with Crippen LogP contribution in [0.15, 0.2) is 18.3 Å². The van der Waals surface area contributed by atoms with Gasteiger partial charge < -0.3 is 10.1 Å². The zero-order chi connectivity index (χ0) is 14.3. The Kier molecular flexibility index (Phi) is 6.85. The van der Waals surface area contributed by atoms with Gasteiger partial charge in [0.25, 0.3) is 0 Å². The van der Waals surface area contributed by atoms with Crippen LogP contribution in [0.2, 0.25) is 0 Å². The molecule has 1 heterocycles. The molecule has 0 bridgehead atoms. The van der Waals surface area contributed by atoms with Crippen molar-refractivity contribution < 1.29 is 4.74 Å². The summed E-state index contributed by atoms with van der Waals surface area (Å²) in [5.74, 6) is 1.41. The van der Waals surface area contributed by atoms with Crippen molar-refractivity contribution in [3.8, 4) is 5.88 Å². The van der Waals surface area contributed by atoms with E-state index in [2.05, 4.69) is 51.0 Å². The van der Waals surface area contributed by atoms with E-state index >= 15 is 0 Å². The number of hydrogen-bond donors (Lipinski definition) is 1. The third-order valence-electron chi connectivity index (χ3n) is 3.08. The van der Waals surface area contributed by atoms with Crippen LogP contribution < -0.4 is 10.1 Å². The second kappa shape index (κ2) is 8.16. The van der Waals surface area contributed by atoms with Gasteiger partial charge in [-0.1, -0.05) is 26.8 Å². The average molecular weight is 264 g/mol. The summed E-state index contributed by atoms with van der Waals surface area (Å²) in [5.41, 5.74) is 1.14. The average Bonchev–Trinajstić information content (AvgIpc) is 2.35. The van der Waals surface area contributed by atoms with E-state index in [0.29, 0.717) is 5.92 Å². The topological polar surface area (TPSA) is 34.2 Å². The number of rotatable bonds is 8. The van der Waals surface area contributed by atoms with Gasteiger partial charge in [0, 0.05) is 17.8 Å². The van der Waals surface area contributed by atoms with Crippen LogP contribution in [-0.4, -0.2) is 17.6 Å². The van der Waals surface area contributed by atoms with Crippen molar-refractivity contribution in [3.63, 3.8) is 0 Å². The Morgan fingerprint density at radius 3 is 2.63 bits per heavy atom. The van der Waals surface area contributed by atoms with Crippen LogP contribution in [0, 0.1) is 5.92 Å². The maximum atomic E-state index is 6.01. The Hall–Kier alpha value is -1.09. The zero-order valence-electron chi connectivity index (χ0n) is 12.9. The molecule has 0 fully saturated rings. The summed E-state index contributed by atoms with van der Waals surface area (Å²) in [6, 6.07) is 4.34. The lowest BCUT2D eigenvalue weighted by Gasteiger charge is -2.21. The largest absolute Gasteiger partial charge is 0.474 e. The molecule has 0 aliphatic rings. The Balaban J connectivity index is 2.72. The smallest absolute Gasteiger partial charge is 0.218 e.